The van der Waals surface area contributed by atoms with Gasteiger partial charge in [-0.15, -0.1) is 6.58 Å². The Morgan fingerprint density at radius 3 is 2.58 bits per heavy atom. The first kappa shape index (κ1) is 22.9. The van der Waals surface area contributed by atoms with Crippen molar-refractivity contribution < 1.29 is 23.0 Å². The zero-order valence-electron chi connectivity index (χ0n) is 17.7. The first-order valence-corrected chi connectivity index (χ1v) is 10.4. The summed E-state index contributed by atoms with van der Waals surface area (Å²) in [5.41, 5.74) is 0.831. The molecule has 8 heteroatoms. The van der Waals surface area contributed by atoms with Gasteiger partial charge < -0.3 is 14.7 Å². The maximum Gasteiger partial charge on any atom is 0.417 e. The average Bonchev–Trinajstić information content (AvgIpc) is 2.97. The van der Waals surface area contributed by atoms with Gasteiger partial charge in [-0.25, -0.2) is 4.98 Å². The number of hydrogen-bond acceptors (Lipinski definition) is 5. The van der Waals surface area contributed by atoms with Gasteiger partial charge in [0, 0.05) is 50.0 Å². The number of rotatable bonds is 7. The number of ether oxygens (including phenoxy) is 1. The van der Waals surface area contributed by atoms with Crippen molar-refractivity contribution in [3.05, 3.63) is 59.8 Å². The highest BCUT2D eigenvalue weighted by molar-refractivity contribution is 5.47. The second-order valence-corrected chi connectivity index (χ2v) is 7.54. The molecule has 0 atom stereocenters. The van der Waals surface area contributed by atoms with Crippen LogP contribution in [0.1, 0.15) is 30.0 Å². The molecule has 1 saturated heterocycles. The monoisotopic (exact) mass is 435 g/mol. The van der Waals surface area contributed by atoms with Crippen LogP contribution in [0.4, 0.5) is 19.0 Å². The Balaban J connectivity index is 1.69. The first-order chi connectivity index (χ1) is 14.8. The molecule has 0 aliphatic carbocycles. The Labute approximate surface area is 180 Å². The molecule has 1 aromatic carbocycles. The van der Waals surface area contributed by atoms with Crippen molar-refractivity contribution in [1.82, 2.24) is 9.88 Å². The van der Waals surface area contributed by atoms with Crippen LogP contribution in [0.2, 0.25) is 0 Å². The smallest absolute Gasteiger partial charge is 0.417 e. The third-order valence-corrected chi connectivity index (χ3v) is 5.30. The number of phenols is 1. The fourth-order valence-corrected chi connectivity index (χ4v) is 3.75. The fourth-order valence-electron chi connectivity index (χ4n) is 3.75. The van der Waals surface area contributed by atoms with Crippen molar-refractivity contribution in [1.29, 1.82) is 0 Å². The Hall–Kier alpha value is -2.74. The Kier molecular flexibility index (Phi) is 7.43. The highest BCUT2D eigenvalue weighted by Gasteiger charge is 2.31. The Morgan fingerprint density at radius 2 is 1.94 bits per heavy atom. The summed E-state index contributed by atoms with van der Waals surface area (Å²) in [4.78, 5) is 8.25. The van der Waals surface area contributed by atoms with Crippen LogP contribution in [0.3, 0.4) is 0 Å². The maximum absolute atomic E-state index is 12.8. The summed E-state index contributed by atoms with van der Waals surface area (Å²) in [6.07, 6.45) is -0.364. The first-order valence-electron chi connectivity index (χ1n) is 10.4. The van der Waals surface area contributed by atoms with Crippen molar-refractivity contribution >= 4 is 5.82 Å². The number of phenolic OH excluding ortho intramolecular Hbond substituents is 1. The molecule has 168 valence electrons. The molecular formula is C23H28F3N3O2. The predicted octanol–water partition coefficient (Wildman–Crippen LogP) is 4.65. The van der Waals surface area contributed by atoms with E-state index in [9.17, 15) is 18.3 Å². The van der Waals surface area contributed by atoms with Gasteiger partial charge in [-0.3, -0.25) is 4.90 Å². The van der Waals surface area contributed by atoms with E-state index in [2.05, 4.69) is 16.5 Å². The van der Waals surface area contributed by atoms with Crippen LogP contribution >= 0.6 is 0 Å². The molecule has 1 N–H and O–H groups in total. The third kappa shape index (κ3) is 5.91. The largest absolute Gasteiger partial charge is 0.507 e. The summed E-state index contributed by atoms with van der Waals surface area (Å²) < 4.78 is 44.0. The number of benzene rings is 1. The molecule has 31 heavy (non-hydrogen) atoms. The van der Waals surface area contributed by atoms with E-state index in [0.29, 0.717) is 45.0 Å². The van der Waals surface area contributed by atoms with Gasteiger partial charge in [0.15, 0.2) is 0 Å². The molecule has 0 spiro atoms. The molecular weight excluding hydrogens is 407 g/mol. The summed E-state index contributed by atoms with van der Waals surface area (Å²) in [5.74, 6) is 1.52. The van der Waals surface area contributed by atoms with Gasteiger partial charge >= 0.3 is 6.18 Å². The minimum atomic E-state index is -4.39. The molecule has 1 aliphatic heterocycles. The van der Waals surface area contributed by atoms with Crippen LogP contribution in [0.15, 0.2) is 43.1 Å². The van der Waals surface area contributed by atoms with E-state index in [1.807, 2.05) is 24.0 Å². The van der Waals surface area contributed by atoms with Gasteiger partial charge in [0.1, 0.15) is 17.3 Å². The van der Waals surface area contributed by atoms with E-state index >= 15 is 0 Å². The number of pyridine rings is 1. The van der Waals surface area contributed by atoms with E-state index in [1.54, 1.807) is 6.08 Å². The fraction of sp³-hybridized carbons (Fsp3) is 0.435. The summed E-state index contributed by atoms with van der Waals surface area (Å²) in [5, 5.41) is 10.7. The molecule has 0 unspecified atom stereocenters. The molecule has 0 radical (unpaired) electrons. The van der Waals surface area contributed by atoms with Gasteiger partial charge in [0.25, 0.3) is 0 Å². The number of allylic oxidation sites excluding steroid dienone is 1. The number of aromatic hydroxyl groups is 1. The van der Waals surface area contributed by atoms with Crippen LogP contribution in [0.5, 0.6) is 11.5 Å². The number of aromatic nitrogens is 1. The van der Waals surface area contributed by atoms with Crippen molar-refractivity contribution in [2.24, 2.45) is 0 Å². The predicted molar refractivity (Wildman–Crippen MR) is 115 cm³/mol. The van der Waals surface area contributed by atoms with Crippen LogP contribution in [-0.4, -0.2) is 47.8 Å². The zero-order valence-corrected chi connectivity index (χ0v) is 17.7. The second kappa shape index (κ2) is 10.0. The molecule has 5 nitrogen and oxygen atoms in total. The molecule has 1 aromatic heterocycles. The molecule has 0 bridgehead atoms. The minimum Gasteiger partial charge on any atom is -0.507 e. The standard InChI is InChI=1S/C23H28F3N3O2/c1-3-6-17-13-20(31-4-2)14-18(22(17)30)16-28-9-5-10-29(12-11-28)21-8-7-19(15-27-21)23(24,25)26/h3,7-8,13-15,30H,1,4-6,9-12,16H2,2H3. The lowest BCUT2D eigenvalue weighted by Gasteiger charge is -2.24. The van der Waals surface area contributed by atoms with E-state index in [0.717, 1.165) is 42.1 Å². The van der Waals surface area contributed by atoms with Gasteiger partial charge in [0.05, 0.1) is 12.2 Å². The molecule has 3 rings (SSSR count). The highest BCUT2D eigenvalue weighted by Crippen LogP contribution is 2.31. The third-order valence-electron chi connectivity index (χ3n) is 5.30. The molecule has 2 heterocycles. The number of anilines is 1. The SMILES string of the molecule is C=CCc1cc(OCC)cc(CN2CCCN(c3ccc(C(F)(F)F)cn3)CC2)c1O. The van der Waals surface area contributed by atoms with Crippen molar-refractivity contribution in [2.45, 2.75) is 32.5 Å². The number of nitrogens with zero attached hydrogens (tertiary/aromatic N) is 3. The highest BCUT2D eigenvalue weighted by atomic mass is 19.4. The van der Waals surface area contributed by atoms with Crippen molar-refractivity contribution in [3.63, 3.8) is 0 Å². The van der Waals surface area contributed by atoms with Gasteiger partial charge in [-0.05, 0) is 44.0 Å². The average molecular weight is 435 g/mol. The number of halogens is 3. The lowest BCUT2D eigenvalue weighted by molar-refractivity contribution is -0.137. The van der Waals surface area contributed by atoms with Gasteiger partial charge in [0.2, 0.25) is 0 Å². The molecule has 2 aromatic rings. The van der Waals surface area contributed by atoms with E-state index in [1.165, 1.54) is 6.07 Å². The van der Waals surface area contributed by atoms with Crippen LogP contribution in [-0.2, 0) is 19.1 Å². The normalized spacial score (nSPS) is 15.5. The summed E-state index contributed by atoms with van der Waals surface area (Å²) in [6, 6.07) is 6.21. The Bertz CT molecular complexity index is 885. The summed E-state index contributed by atoms with van der Waals surface area (Å²) in [7, 11) is 0. The van der Waals surface area contributed by atoms with Crippen LogP contribution in [0, 0.1) is 0 Å². The molecule has 0 amide bonds. The zero-order chi connectivity index (χ0) is 22.4. The summed E-state index contributed by atoms with van der Waals surface area (Å²) >= 11 is 0. The number of hydrogen-bond donors (Lipinski definition) is 1. The second-order valence-electron chi connectivity index (χ2n) is 7.54. The Morgan fingerprint density at radius 1 is 1.16 bits per heavy atom. The lowest BCUT2D eigenvalue weighted by atomic mass is 10.0. The van der Waals surface area contributed by atoms with E-state index < -0.39 is 11.7 Å². The lowest BCUT2D eigenvalue weighted by Crippen LogP contribution is -2.31. The maximum atomic E-state index is 12.8. The summed E-state index contributed by atoms with van der Waals surface area (Å²) in [6.45, 7) is 9.63. The molecule has 0 saturated carbocycles. The van der Waals surface area contributed by atoms with E-state index in [-0.39, 0.29) is 5.75 Å². The molecule has 1 aliphatic rings. The topological polar surface area (TPSA) is 48.8 Å². The van der Waals surface area contributed by atoms with Crippen molar-refractivity contribution in [2.75, 3.05) is 37.7 Å². The van der Waals surface area contributed by atoms with Crippen LogP contribution < -0.4 is 9.64 Å². The van der Waals surface area contributed by atoms with Gasteiger partial charge in [-0.2, -0.15) is 13.2 Å². The van der Waals surface area contributed by atoms with E-state index in [4.69, 9.17) is 4.74 Å². The quantitative estimate of drug-likeness (QED) is 0.642. The number of alkyl halides is 3. The van der Waals surface area contributed by atoms with Crippen LogP contribution in [0.25, 0.3) is 0 Å². The molecule has 1 fully saturated rings. The van der Waals surface area contributed by atoms with Crippen molar-refractivity contribution in [3.8, 4) is 11.5 Å². The van der Waals surface area contributed by atoms with Gasteiger partial charge in [-0.1, -0.05) is 6.08 Å². The minimum absolute atomic E-state index is 0.258.